The number of aromatic hydroxyl groups is 2. The second kappa shape index (κ2) is 7.46. The molecule has 0 aliphatic rings. The molecule has 0 amide bonds. The first kappa shape index (κ1) is 17.3. The van der Waals surface area contributed by atoms with Gasteiger partial charge in [0.1, 0.15) is 11.5 Å². The molecule has 2 aromatic carbocycles. The van der Waals surface area contributed by atoms with Crippen molar-refractivity contribution < 1.29 is 25.2 Å². The largest absolute Gasteiger partial charge is 0.507 e. The highest BCUT2D eigenvalue weighted by atomic mass is 16.5. The van der Waals surface area contributed by atoms with Gasteiger partial charge in [-0.25, -0.2) is 0 Å². The Kier molecular flexibility index (Phi) is 5.60. The number of rotatable bonds is 6. The molecule has 2 rings (SSSR count). The minimum absolute atomic E-state index is 0.0302. The standard InChI is InChI=1S/C18H22O5/c1-11-3-14(8-20)18(22)15(4-11)9-23-10-16-6-13(7-19)5-12(2)17(16)21/h3-6,19-22H,7-10H2,1-2H3. The maximum atomic E-state index is 10.1. The monoisotopic (exact) mass is 318 g/mol. The van der Waals surface area contributed by atoms with Crippen LogP contribution < -0.4 is 0 Å². The van der Waals surface area contributed by atoms with Crippen molar-refractivity contribution in [1.29, 1.82) is 0 Å². The number of aryl methyl sites for hydroxylation is 2. The number of aliphatic hydroxyl groups is 2. The molecular formula is C18H22O5. The summed E-state index contributed by atoms with van der Waals surface area (Å²) in [7, 11) is 0. The third-order valence-electron chi connectivity index (χ3n) is 3.72. The van der Waals surface area contributed by atoms with Crippen molar-refractivity contribution in [2.45, 2.75) is 40.3 Å². The van der Waals surface area contributed by atoms with E-state index in [9.17, 15) is 20.4 Å². The summed E-state index contributed by atoms with van der Waals surface area (Å²) in [5.74, 6) is 0.175. The van der Waals surface area contributed by atoms with E-state index in [0.717, 1.165) is 5.56 Å². The number of phenols is 2. The molecule has 0 fully saturated rings. The van der Waals surface area contributed by atoms with Gasteiger partial charge in [0.2, 0.25) is 0 Å². The first-order valence-corrected chi connectivity index (χ1v) is 7.38. The molecular weight excluding hydrogens is 296 g/mol. The summed E-state index contributed by atoms with van der Waals surface area (Å²) < 4.78 is 5.59. The zero-order chi connectivity index (χ0) is 17.0. The van der Waals surface area contributed by atoms with Gasteiger partial charge in [-0.3, -0.25) is 0 Å². The van der Waals surface area contributed by atoms with E-state index in [-0.39, 0.29) is 37.9 Å². The molecule has 0 radical (unpaired) electrons. The van der Waals surface area contributed by atoms with E-state index in [0.29, 0.717) is 27.8 Å². The molecule has 0 unspecified atom stereocenters. The van der Waals surface area contributed by atoms with E-state index < -0.39 is 0 Å². The van der Waals surface area contributed by atoms with Crippen LogP contribution in [0.5, 0.6) is 11.5 Å². The molecule has 0 aliphatic carbocycles. The molecule has 23 heavy (non-hydrogen) atoms. The molecule has 5 heteroatoms. The molecule has 0 spiro atoms. The van der Waals surface area contributed by atoms with Gasteiger partial charge < -0.3 is 25.2 Å². The molecule has 0 saturated carbocycles. The smallest absolute Gasteiger partial charge is 0.126 e. The summed E-state index contributed by atoms with van der Waals surface area (Å²) in [5.41, 5.74) is 3.94. The van der Waals surface area contributed by atoms with Crippen LogP contribution >= 0.6 is 0 Å². The molecule has 0 aliphatic heterocycles. The Morgan fingerprint density at radius 1 is 0.783 bits per heavy atom. The molecule has 5 nitrogen and oxygen atoms in total. The molecule has 0 saturated heterocycles. The predicted molar refractivity (Wildman–Crippen MR) is 86.0 cm³/mol. The average Bonchev–Trinajstić information content (AvgIpc) is 2.53. The van der Waals surface area contributed by atoms with Crippen molar-refractivity contribution in [1.82, 2.24) is 0 Å². The van der Waals surface area contributed by atoms with Crippen LogP contribution in [-0.4, -0.2) is 20.4 Å². The first-order valence-electron chi connectivity index (χ1n) is 7.38. The van der Waals surface area contributed by atoms with E-state index in [2.05, 4.69) is 0 Å². The second-order valence-corrected chi connectivity index (χ2v) is 5.66. The quantitative estimate of drug-likeness (QED) is 0.657. The van der Waals surface area contributed by atoms with Gasteiger partial charge in [0.25, 0.3) is 0 Å². The number of hydrogen-bond acceptors (Lipinski definition) is 5. The minimum Gasteiger partial charge on any atom is -0.507 e. The molecule has 0 aromatic heterocycles. The van der Waals surface area contributed by atoms with Crippen molar-refractivity contribution >= 4 is 0 Å². The Balaban J connectivity index is 2.12. The normalized spacial score (nSPS) is 11.0. The van der Waals surface area contributed by atoms with Gasteiger partial charge in [0.05, 0.1) is 26.4 Å². The lowest BCUT2D eigenvalue weighted by Crippen LogP contribution is -1.99. The van der Waals surface area contributed by atoms with Crippen LogP contribution in [0.15, 0.2) is 24.3 Å². The third-order valence-corrected chi connectivity index (χ3v) is 3.72. The van der Waals surface area contributed by atoms with Crippen molar-refractivity contribution in [3.05, 3.63) is 57.6 Å². The summed E-state index contributed by atoms with van der Waals surface area (Å²) >= 11 is 0. The average molecular weight is 318 g/mol. The molecule has 0 bridgehead atoms. The van der Waals surface area contributed by atoms with Crippen molar-refractivity contribution in [3.8, 4) is 11.5 Å². The van der Waals surface area contributed by atoms with E-state index in [1.54, 1.807) is 31.2 Å². The van der Waals surface area contributed by atoms with Gasteiger partial charge in [-0.05, 0) is 31.0 Å². The summed E-state index contributed by atoms with van der Waals surface area (Å²) in [4.78, 5) is 0. The Morgan fingerprint density at radius 3 is 2.00 bits per heavy atom. The van der Waals surface area contributed by atoms with Gasteiger partial charge in [0.15, 0.2) is 0 Å². The van der Waals surface area contributed by atoms with Crippen LogP contribution in [0.1, 0.15) is 33.4 Å². The van der Waals surface area contributed by atoms with Gasteiger partial charge in [0, 0.05) is 16.7 Å². The van der Waals surface area contributed by atoms with Crippen LogP contribution in [0, 0.1) is 13.8 Å². The number of phenolic OH excluding ortho intramolecular Hbond substituents is 1. The van der Waals surface area contributed by atoms with Gasteiger partial charge in [-0.1, -0.05) is 23.8 Å². The Hall–Kier alpha value is -2.08. The van der Waals surface area contributed by atoms with Crippen LogP contribution in [-0.2, 0) is 31.2 Å². The Bertz CT molecular complexity index is 692. The summed E-state index contributed by atoms with van der Waals surface area (Å²) in [6.07, 6.45) is 0. The summed E-state index contributed by atoms with van der Waals surface area (Å²) in [6.45, 7) is 3.61. The van der Waals surface area contributed by atoms with Gasteiger partial charge >= 0.3 is 0 Å². The molecule has 0 atom stereocenters. The maximum absolute atomic E-state index is 10.1. The minimum atomic E-state index is -0.237. The molecule has 0 heterocycles. The molecule has 4 N–H and O–H groups in total. The van der Waals surface area contributed by atoms with Crippen molar-refractivity contribution in [2.75, 3.05) is 0 Å². The number of ether oxygens (including phenoxy) is 1. The zero-order valence-corrected chi connectivity index (χ0v) is 13.3. The highest BCUT2D eigenvalue weighted by molar-refractivity contribution is 5.44. The van der Waals surface area contributed by atoms with E-state index >= 15 is 0 Å². The Labute approximate surface area is 135 Å². The first-order chi connectivity index (χ1) is 11.0. The van der Waals surface area contributed by atoms with Crippen molar-refractivity contribution in [2.24, 2.45) is 0 Å². The van der Waals surface area contributed by atoms with E-state index in [1.165, 1.54) is 0 Å². The van der Waals surface area contributed by atoms with E-state index in [1.807, 2.05) is 6.92 Å². The Morgan fingerprint density at radius 2 is 1.39 bits per heavy atom. The topological polar surface area (TPSA) is 90.2 Å². The van der Waals surface area contributed by atoms with Gasteiger partial charge in [-0.2, -0.15) is 0 Å². The lowest BCUT2D eigenvalue weighted by Gasteiger charge is -2.13. The summed E-state index contributed by atoms with van der Waals surface area (Å²) in [6, 6.07) is 6.93. The number of benzene rings is 2. The predicted octanol–water partition coefficient (Wildman–Crippen LogP) is 2.42. The number of hydrogen-bond donors (Lipinski definition) is 4. The van der Waals surface area contributed by atoms with Crippen LogP contribution in [0.25, 0.3) is 0 Å². The lowest BCUT2D eigenvalue weighted by molar-refractivity contribution is 0.103. The van der Waals surface area contributed by atoms with Gasteiger partial charge in [-0.15, -0.1) is 0 Å². The van der Waals surface area contributed by atoms with Crippen LogP contribution in [0.4, 0.5) is 0 Å². The highest BCUT2D eigenvalue weighted by Crippen LogP contribution is 2.28. The summed E-state index contributed by atoms with van der Waals surface area (Å²) in [5, 5.41) is 38.6. The fourth-order valence-electron chi connectivity index (χ4n) is 2.57. The van der Waals surface area contributed by atoms with E-state index in [4.69, 9.17) is 4.74 Å². The fraction of sp³-hybridized carbons (Fsp3) is 0.333. The zero-order valence-electron chi connectivity index (χ0n) is 13.3. The van der Waals surface area contributed by atoms with Crippen molar-refractivity contribution in [3.63, 3.8) is 0 Å². The van der Waals surface area contributed by atoms with Crippen LogP contribution in [0.2, 0.25) is 0 Å². The SMILES string of the molecule is Cc1cc(CO)c(O)c(COCc2cc(CO)cc(C)c2O)c1. The lowest BCUT2D eigenvalue weighted by atomic mass is 10.0. The molecule has 124 valence electrons. The fourth-order valence-corrected chi connectivity index (χ4v) is 2.57. The molecule has 2 aromatic rings. The second-order valence-electron chi connectivity index (χ2n) is 5.66. The van der Waals surface area contributed by atoms with Crippen LogP contribution in [0.3, 0.4) is 0 Å². The third kappa shape index (κ3) is 4.01. The maximum Gasteiger partial charge on any atom is 0.126 e. The number of aliphatic hydroxyl groups excluding tert-OH is 2. The highest BCUT2D eigenvalue weighted by Gasteiger charge is 2.10.